The number of halogens is 3. The summed E-state index contributed by atoms with van der Waals surface area (Å²) in [6.45, 7) is -0.887. The molecule has 0 fully saturated rings. The molecule has 1 rings (SSSR count). The summed E-state index contributed by atoms with van der Waals surface area (Å²) in [5.74, 6) is -0.139. The Morgan fingerprint density at radius 2 is 1.82 bits per heavy atom. The number of carbonyl (C=O) groups is 1. The molecule has 0 amide bonds. The molecule has 0 N–H and O–H groups in total. The summed E-state index contributed by atoms with van der Waals surface area (Å²) in [5.41, 5.74) is 0.535. The summed E-state index contributed by atoms with van der Waals surface area (Å²) < 4.78 is 36.1. The first kappa shape index (κ1) is 13.7. The molecule has 1 aromatic carbocycles. The van der Waals surface area contributed by atoms with E-state index in [1.165, 1.54) is 7.05 Å². The van der Waals surface area contributed by atoms with Crippen LogP contribution in [0.25, 0.3) is 0 Å². The fourth-order valence-corrected chi connectivity index (χ4v) is 1.45. The first-order valence-electron chi connectivity index (χ1n) is 5.22. The number of carbonyl (C=O) groups excluding carboxylic acids is 1. The van der Waals surface area contributed by atoms with E-state index in [2.05, 4.69) is 0 Å². The molecule has 0 aliphatic carbocycles. The van der Waals surface area contributed by atoms with E-state index in [1.54, 1.807) is 30.3 Å². The molecule has 0 aliphatic heterocycles. The van der Waals surface area contributed by atoms with Crippen LogP contribution >= 0.6 is 0 Å². The van der Waals surface area contributed by atoms with Gasteiger partial charge in [0.05, 0.1) is 6.54 Å². The van der Waals surface area contributed by atoms with Gasteiger partial charge in [-0.2, -0.15) is 13.2 Å². The van der Waals surface area contributed by atoms with Crippen molar-refractivity contribution in [3.05, 3.63) is 35.9 Å². The molecule has 0 spiro atoms. The molecular weight excluding hydrogens is 231 g/mol. The van der Waals surface area contributed by atoms with Gasteiger partial charge in [0.15, 0.2) is 5.78 Å². The topological polar surface area (TPSA) is 20.3 Å². The molecule has 94 valence electrons. The maximum absolute atomic E-state index is 12.0. The molecule has 0 bridgehead atoms. The SMILES string of the molecule is CN(CCC(=O)c1ccccc1)CC(F)(F)F. The van der Waals surface area contributed by atoms with Gasteiger partial charge in [-0.15, -0.1) is 0 Å². The molecule has 2 nitrogen and oxygen atoms in total. The summed E-state index contributed by atoms with van der Waals surface area (Å²) in [5, 5.41) is 0. The van der Waals surface area contributed by atoms with Gasteiger partial charge in [0, 0.05) is 18.5 Å². The molecular formula is C12H14F3NO. The van der Waals surface area contributed by atoms with Crippen molar-refractivity contribution in [2.24, 2.45) is 0 Å². The highest BCUT2D eigenvalue weighted by Crippen LogP contribution is 2.15. The molecule has 5 heteroatoms. The van der Waals surface area contributed by atoms with Gasteiger partial charge in [-0.05, 0) is 7.05 Å². The zero-order valence-corrected chi connectivity index (χ0v) is 9.50. The molecule has 0 saturated carbocycles. The van der Waals surface area contributed by atoms with Gasteiger partial charge in [0.2, 0.25) is 0 Å². The van der Waals surface area contributed by atoms with Crippen LogP contribution in [-0.2, 0) is 0 Å². The lowest BCUT2D eigenvalue weighted by Crippen LogP contribution is -2.32. The predicted molar refractivity (Wildman–Crippen MR) is 58.9 cm³/mol. The number of Topliss-reactive ketones (excluding diaryl/α,β-unsaturated/α-hetero) is 1. The minimum atomic E-state index is -4.22. The molecule has 1 aromatic rings. The molecule has 0 heterocycles. The van der Waals surface area contributed by atoms with E-state index in [1.807, 2.05) is 0 Å². The Morgan fingerprint density at radius 3 is 2.35 bits per heavy atom. The second-order valence-electron chi connectivity index (χ2n) is 3.89. The number of alkyl halides is 3. The van der Waals surface area contributed by atoms with Crippen molar-refractivity contribution in [2.45, 2.75) is 12.6 Å². The lowest BCUT2D eigenvalue weighted by atomic mass is 10.1. The van der Waals surface area contributed by atoms with E-state index in [9.17, 15) is 18.0 Å². The Morgan fingerprint density at radius 1 is 1.24 bits per heavy atom. The number of hydrogen-bond acceptors (Lipinski definition) is 2. The fraction of sp³-hybridized carbons (Fsp3) is 0.417. The third kappa shape index (κ3) is 5.49. The minimum absolute atomic E-state index is 0.0938. The zero-order chi connectivity index (χ0) is 12.9. The molecule has 0 aromatic heterocycles. The maximum atomic E-state index is 12.0. The van der Waals surface area contributed by atoms with Crippen molar-refractivity contribution in [1.82, 2.24) is 4.90 Å². The van der Waals surface area contributed by atoms with Crippen molar-refractivity contribution < 1.29 is 18.0 Å². The first-order valence-corrected chi connectivity index (χ1v) is 5.22. The summed E-state index contributed by atoms with van der Waals surface area (Å²) in [6, 6.07) is 8.56. The summed E-state index contributed by atoms with van der Waals surface area (Å²) in [6.07, 6.45) is -4.12. The number of ketones is 1. The molecule has 0 aliphatic rings. The van der Waals surface area contributed by atoms with Gasteiger partial charge < -0.3 is 0 Å². The van der Waals surface area contributed by atoms with E-state index in [0.29, 0.717) is 5.56 Å². The van der Waals surface area contributed by atoms with E-state index < -0.39 is 12.7 Å². The highest BCUT2D eigenvalue weighted by Gasteiger charge is 2.29. The molecule has 0 saturated heterocycles. The van der Waals surface area contributed by atoms with Gasteiger partial charge in [-0.1, -0.05) is 30.3 Å². The first-order chi connectivity index (χ1) is 7.88. The number of hydrogen-bond donors (Lipinski definition) is 0. The van der Waals surface area contributed by atoms with E-state index in [4.69, 9.17) is 0 Å². The van der Waals surface area contributed by atoms with Gasteiger partial charge in [0.1, 0.15) is 0 Å². The zero-order valence-electron chi connectivity index (χ0n) is 9.50. The molecule has 0 atom stereocenters. The molecule has 0 unspecified atom stereocenters. The quantitative estimate of drug-likeness (QED) is 0.743. The van der Waals surface area contributed by atoms with Crippen LogP contribution in [0.4, 0.5) is 13.2 Å². The largest absolute Gasteiger partial charge is 0.401 e. The van der Waals surface area contributed by atoms with Crippen molar-refractivity contribution >= 4 is 5.78 Å². The third-order valence-corrected chi connectivity index (χ3v) is 2.27. The minimum Gasteiger partial charge on any atom is -0.298 e. The highest BCUT2D eigenvalue weighted by molar-refractivity contribution is 5.96. The number of benzene rings is 1. The van der Waals surface area contributed by atoms with Crippen LogP contribution in [0.3, 0.4) is 0 Å². The number of rotatable bonds is 5. The van der Waals surface area contributed by atoms with E-state index in [0.717, 1.165) is 4.90 Å². The van der Waals surface area contributed by atoms with Crippen molar-refractivity contribution in [3.8, 4) is 0 Å². The Balaban J connectivity index is 2.39. The van der Waals surface area contributed by atoms with Crippen LogP contribution in [0.2, 0.25) is 0 Å². The number of nitrogens with zero attached hydrogens (tertiary/aromatic N) is 1. The van der Waals surface area contributed by atoms with Crippen molar-refractivity contribution in [3.63, 3.8) is 0 Å². The summed E-state index contributed by atoms with van der Waals surface area (Å²) in [7, 11) is 1.35. The summed E-state index contributed by atoms with van der Waals surface area (Å²) in [4.78, 5) is 12.7. The monoisotopic (exact) mass is 245 g/mol. The van der Waals surface area contributed by atoms with E-state index in [-0.39, 0.29) is 18.7 Å². The predicted octanol–water partition coefficient (Wildman–Crippen LogP) is 2.75. The van der Waals surface area contributed by atoms with Gasteiger partial charge in [-0.3, -0.25) is 9.69 Å². The second-order valence-corrected chi connectivity index (χ2v) is 3.89. The average molecular weight is 245 g/mol. The lowest BCUT2D eigenvalue weighted by Gasteiger charge is -2.17. The smallest absolute Gasteiger partial charge is 0.298 e. The maximum Gasteiger partial charge on any atom is 0.401 e. The van der Waals surface area contributed by atoms with Crippen LogP contribution in [0, 0.1) is 0 Å². The van der Waals surface area contributed by atoms with Crippen molar-refractivity contribution in [1.29, 1.82) is 0 Å². The fourth-order valence-electron chi connectivity index (χ4n) is 1.45. The van der Waals surface area contributed by atoms with E-state index >= 15 is 0 Å². The Bertz CT molecular complexity index is 362. The van der Waals surface area contributed by atoms with Gasteiger partial charge in [0.25, 0.3) is 0 Å². The highest BCUT2D eigenvalue weighted by atomic mass is 19.4. The van der Waals surface area contributed by atoms with Crippen LogP contribution in [0.1, 0.15) is 16.8 Å². The standard InChI is InChI=1S/C12H14F3NO/c1-16(9-12(13,14)15)8-7-11(17)10-5-3-2-4-6-10/h2-6H,7-9H2,1H3. The average Bonchev–Trinajstić information content (AvgIpc) is 2.25. The Hall–Kier alpha value is -1.36. The Labute approximate surface area is 98.0 Å². The lowest BCUT2D eigenvalue weighted by molar-refractivity contribution is -0.142. The molecule has 0 radical (unpaired) electrons. The van der Waals surface area contributed by atoms with Crippen LogP contribution in [0.5, 0.6) is 0 Å². The summed E-state index contributed by atoms with van der Waals surface area (Å²) >= 11 is 0. The van der Waals surface area contributed by atoms with Crippen LogP contribution < -0.4 is 0 Å². The molecule has 17 heavy (non-hydrogen) atoms. The Kier molecular flexibility index (Phi) is 4.69. The van der Waals surface area contributed by atoms with Crippen molar-refractivity contribution in [2.75, 3.05) is 20.1 Å². The van der Waals surface area contributed by atoms with Crippen LogP contribution in [-0.4, -0.2) is 37.0 Å². The normalized spacial score (nSPS) is 11.8. The van der Waals surface area contributed by atoms with Gasteiger partial charge in [-0.25, -0.2) is 0 Å². The van der Waals surface area contributed by atoms with Gasteiger partial charge >= 0.3 is 6.18 Å². The second kappa shape index (κ2) is 5.82. The third-order valence-electron chi connectivity index (χ3n) is 2.27. The van der Waals surface area contributed by atoms with Crippen LogP contribution in [0.15, 0.2) is 30.3 Å².